The molecule has 2 rings (SSSR count). The number of amides is 1. The van der Waals surface area contributed by atoms with Gasteiger partial charge < -0.3 is 30.1 Å². The smallest absolute Gasteiger partial charge is 0.408 e. The van der Waals surface area contributed by atoms with Crippen LogP contribution in [0.4, 0.5) is 4.79 Å². The molecule has 0 radical (unpaired) electrons. The Balaban J connectivity index is 2.15. The van der Waals surface area contributed by atoms with E-state index in [1.807, 2.05) is 0 Å². The highest BCUT2D eigenvalue weighted by atomic mass is 16.6. The summed E-state index contributed by atoms with van der Waals surface area (Å²) in [5.74, 6) is 0. The average Bonchev–Trinajstić information content (AvgIpc) is 2.54. The third kappa shape index (κ3) is 1.34. The second-order valence-electron chi connectivity index (χ2n) is 3.28. The molecule has 3 unspecified atom stereocenters. The molecule has 1 amide bonds. The van der Waals surface area contributed by atoms with Crippen LogP contribution in [-0.4, -0.2) is 58.7 Å². The molecule has 0 aromatic rings. The van der Waals surface area contributed by atoms with Crippen LogP contribution in [0.25, 0.3) is 0 Å². The van der Waals surface area contributed by atoms with Crippen molar-refractivity contribution in [2.45, 2.75) is 30.6 Å². The van der Waals surface area contributed by atoms with Gasteiger partial charge in [-0.2, -0.15) is 0 Å². The van der Waals surface area contributed by atoms with Gasteiger partial charge in [-0.1, -0.05) is 0 Å². The Bertz CT molecular complexity index is 246. The fourth-order valence-corrected chi connectivity index (χ4v) is 1.67. The summed E-state index contributed by atoms with van der Waals surface area (Å²) in [6.45, 7) is -0.445. The Morgan fingerprint density at radius 2 is 2.14 bits per heavy atom. The number of nitrogens with one attached hydrogen (secondary N) is 1. The molecule has 7 heteroatoms. The van der Waals surface area contributed by atoms with Gasteiger partial charge in [0.25, 0.3) is 0 Å². The van der Waals surface area contributed by atoms with Crippen molar-refractivity contribution >= 4 is 6.09 Å². The summed E-state index contributed by atoms with van der Waals surface area (Å²) in [4.78, 5) is 10.8. The minimum absolute atomic E-state index is 0.445. The van der Waals surface area contributed by atoms with Crippen LogP contribution < -0.4 is 5.32 Å². The van der Waals surface area contributed by atoms with Crippen molar-refractivity contribution in [2.24, 2.45) is 0 Å². The topological polar surface area (TPSA) is 108 Å². The summed E-state index contributed by atoms with van der Waals surface area (Å²) in [5.41, 5.74) is 0. The van der Waals surface area contributed by atoms with Crippen LogP contribution in [0, 0.1) is 0 Å². The zero-order valence-corrected chi connectivity index (χ0v) is 7.16. The van der Waals surface area contributed by atoms with Crippen LogP contribution in [0.3, 0.4) is 0 Å². The van der Waals surface area contributed by atoms with Crippen molar-refractivity contribution in [3.05, 3.63) is 0 Å². The molecule has 2 fully saturated rings. The minimum Gasteiger partial charge on any atom is -0.441 e. The number of hydrogen-bond donors (Lipinski definition) is 4. The lowest BCUT2D eigenvalue weighted by molar-refractivity contribution is -0.240. The molecule has 0 aromatic carbocycles. The first-order valence-electron chi connectivity index (χ1n) is 4.23. The quantitative estimate of drug-likeness (QED) is 0.378. The van der Waals surface area contributed by atoms with Crippen molar-refractivity contribution in [2.75, 3.05) is 6.61 Å². The zero-order valence-electron chi connectivity index (χ0n) is 7.16. The highest BCUT2D eigenvalue weighted by molar-refractivity contribution is 5.70. The number of carbonyl (C=O) groups is 1. The number of rotatable bonds is 1. The van der Waals surface area contributed by atoms with Crippen molar-refractivity contribution in [1.29, 1.82) is 0 Å². The molecule has 5 atom stereocenters. The fraction of sp³-hybridized carbons (Fsp3) is 0.857. The van der Waals surface area contributed by atoms with E-state index in [4.69, 9.17) is 14.6 Å². The summed E-state index contributed by atoms with van der Waals surface area (Å²) in [5, 5.41) is 30.0. The normalized spacial score (nSPS) is 46.8. The third-order valence-corrected chi connectivity index (χ3v) is 2.40. The molecule has 2 heterocycles. The summed E-state index contributed by atoms with van der Waals surface area (Å²) < 4.78 is 9.60. The maximum absolute atomic E-state index is 10.8. The van der Waals surface area contributed by atoms with E-state index in [2.05, 4.69) is 5.32 Å². The van der Waals surface area contributed by atoms with Crippen LogP contribution in [0.1, 0.15) is 0 Å². The zero-order chi connectivity index (χ0) is 10.3. The molecule has 0 aromatic heterocycles. The average molecular weight is 205 g/mol. The lowest BCUT2D eigenvalue weighted by Gasteiger charge is -2.36. The Kier molecular flexibility index (Phi) is 2.31. The van der Waals surface area contributed by atoms with Gasteiger partial charge >= 0.3 is 6.09 Å². The van der Waals surface area contributed by atoms with E-state index in [0.29, 0.717) is 0 Å². The van der Waals surface area contributed by atoms with Gasteiger partial charge in [0.1, 0.15) is 18.2 Å². The lowest BCUT2D eigenvalue weighted by Crippen LogP contribution is -2.59. The van der Waals surface area contributed by atoms with Gasteiger partial charge in [0.2, 0.25) is 0 Å². The number of alkyl carbamates (subject to hydrolysis) is 1. The molecular formula is C7H11NO6. The van der Waals surface area contributed by atoms with E-state index in [-0.39, 0.29) is 0 Å². The van der Waals surface area contributed by atoms with Gasteiger partial charge in [0.05, 0.1) is 6.61 Å². The predicted octanol–water partition coefficient (Wildman–Crippen LogP) is -2.47. The van der Waals surface area contributed by atoms with E-state index >= 15 is 0 Å². The highest BCUT2D eigenvalue weighted by Gasteiger charge is 2.51. The van der Waals surface area contributed by atoms with Gasteiger partial charge in [0, 0.05) is 0 Å². The van der Waals surface area contributed by atoms with Gasteiger partial charge in [0.15, 0.2) is 12.4 Å². The van der Waals surface area contributed by atoms with Crippen LogP contribution >= 0.6 is 0 Å². The van der Waals surface area contributed by atoms with Crippen LogP contribution in [0.15, 0.2) is 0 Å². The number of hydrogen-bond acceptors (Lipinski definition) is 6. The molecule has 7 nitrogen and oxygen atoms in total. The van der Waals surface area contributed by atoms with Crippen molar-refractivity contribution in [3.63, 3.8) is 0 Å². The molecule has 2 aliphatic rings. The lowest BCUT2D eigenvalue weighted by atomic mass is 9.98. The molecule has 14 heavy (non-hydrogen) atoms. The molecule has 0 saturated carbocycles. The molecule has 2 saturated heterocycles. The maximum atomic E-state index is 10.8. The number of aliphatic hydroxyl groups is 3. The minimum atomic E-state index is -1.27. The molecule has 80 valence electrons. The SMILES string of the molecule is O=C1NC2C(O)O[C@H](CO)[C@@H](O)C2O1. The number of carbonyl (C=O) groups excluding carboxylic acids is 1. The van der Waals surface area contributed by atoms with E-state index in [9.17, 15) is 15.0 Å². The molecule has 2 aliphatic heterocycles. The summed E-state index contributed by atoms with van der Waals surface area (Å²) in [6.07, 6.45) is -4.91. The van der Waals surface area contributed by atoms with Crippen molar-refractivity contribution in [1.82, 2.24) is 5.32 Å². The number of ether oxygens (including phenoxy) is 2. The Morgan fingerprint density at radius 3 is 2.79 bits per heavy atom. The molecular weight excluding hydrogens is 194 g/mol. The summed E-state index contributed by atoms with van der Waals surface area (Å²) in [7, 11) is 0. The molecule has 0 bridgehead atoms. The van der Waals surface area contributed by atoms with Crippen LogP contribution in [0.5, 0.6) is 0 Å². The first-order valence-corrected chi connectivity index (χ1v) is 4.23. The molecule has 0 aliphatic carbocycles. The largest absolute Gasteiger partial charge is 0.441 e. The predicted molar refractivity (Wildman–Crippen MR) is 41.2 cm³/mol. The highest BCUT2D eigenvalue weighted by Crippen LogP contribution is 2.25. The second kappa shape index (κ2) is 3.35. The van der Waals surface area contributed by atoms with E-state index in [0.717, 1.165) is 0 Å². The molecule has 0 spiro atoms. The Morgan fingerprint density at radius 1 is 1.43 bits per heavy atom. The van der Waals surface area contributed by atoms with E-state index in [1.165, 1.54) is 0 Å². The number of aliphatic hydroxyl groups excluding tert-OH is 3. The monoisotopic (exact) mass is 205 g/mol. The summed E-state index contributed by atoms with van der Waals surface area (Å²) in [6, 6.07) is -0.778. The first-order chi connectivity index (χ1) is 6.63. The first kappa shape index (κ1) is 9.66. The molecule has 4 N–H and O–H groups in total. The standard InChI is InChI=1S/C7H11NO6/c9-1-2-4(10)5-3(6(11)13-2)8-7(12)14-5/h2-6,9-11H,1H2,(H,8,12)/t2-,3?,4-,5?,6?/m1/s1. The van der Waals surface area contributed by atoms with Crippen molar-refractivity contribution in [3.8, 4) is 0 Å². The van der Waals surface area contributed by atoms with Gasteiger partial charge in [-0.3, -0.25) is 0 Å². The maximum Gasteiger partial charge on any atom is 0.408 e. The second-order valence-corrected chi connectivity index (χ2v) is 3.28. The van der Waals surface area contributed by atoms with E-state index in [1.54, 1.807) is 0 Å². The van der Waals surface area contributed by atoms with Gasteiger partial charge in [-0.25, -0.2) is 4.79 Å². The summed E-state index contributed by atoms with van der Waals surface area (Å²) >= 11 is 0. The van der Waals surface area contributed by atoms with Crippen LogP contribution in [0.2, 0.25) is 0 Å². The van der Waals surface area contributed by atoms with Crippen molar-refractivity contribution < 1.29 is 29.6 Å². The third-order valence-electron chi connectivity index (χ3n) is 2.40. The van der Waals surface area contributed by atoms with E-state index < -0.39 is 43.3 Å². The Hall–Kier alpha value is -0.890. The van der Waals surface area contributed by atoms with Gasteiger partial charge in [-0.05, 0) is 0 Å². The van der Waals surface area contributed by atoms with Gasteiger partial charge in [-0.15, -0.1) is 0 Å². The fourth-order valence-electron chi connectivity index (χ4n) is 1.67. The van der Waals surface area contributed by atoms with Crippen LogP contribution in [-0.2, 0) is 9.47 Å². The Labute approximate surface area is 79.2 Å². The number of fused-ring (bicyclic) bond motifs is 1.